The number of nitrogens with one attached hydrogen (secondary N) is 1. The van der Waals surface area contributed by atoms with Gasteiger partial charge < -0.3 is 19.5 Å². The van der Waals surface area contributed by atoms with Gasteiger partial charge in [0.05, 0.1) is 23.9 Å². The van der Waals surface area contributed by atoms with Crippen LogP contribution in [0.25, 0.3) is 10.2 Å². The van der Waals surface area contributed by atoms with E-state index in [-0.39, 0.29) is 18.9 Å². The predicted molar refractivity (Wildman–Crippen MR) is 127 cm³/mol. The molecule has 1 saturated heterocycles. The van der Waals surface area contributed by atoms with E-state index in [1.165, 1.54) is 23.3 Å². The van der Waals surface area contributed by atoms with Crippen molar-refractivity contribution >= 4 is 39.5 Å². The first-order valence-electron chi connectivity index (χ1n) is 11.5. The molecule has 1 saturated carbocycles. The molecule has 2 aliphatic rings. The lowest BCUT2D eigenvalue weighted by atomic mass is 10.1. The maximum atomic E-state index is 13.4. The van der Waals surface area contributed by atoms with Crippen molar-refractivity contribution in [2.24, 2.45) is 5.92 Å². The molecule has 0 spiro atoms. The van der Waals surface area contributed by atoms with Gasteiger partial charge in [0.15, 0.2) is 0 Å². The van der Waals surface area contributed by atoms with Crippen LogP contribution in [-0.2, 0) is 19.1 Å². The van der Waals surface area contributed by atoms with Crippen molar-refractivity contribution in [3.8, 4) is 5.19 Å². The summed E-state index contributed by atoms with van der Waals surface area (Å²) in [6.45, 7) is 7.45. The number of likely N-dealkylation sites (tertiary alicyclic amines) is 1. The Balaban J connectivity index is 1.53. The highest BCUT2D eigenvalue weighted by atomic mass is 32.1. The van der Waals surface area contributed by atoms with Crippen molar-refractivity contribution < 1.29 is 28.6 Å². The average molecular weight is 490 g/mol. The minimum atomic E-state index is -1.04. The number of hydrogen-bond donors (Lipinski definition) is 1. The topological polar surface area (TPSA) is 107 Å². The number of ether oxygens (including phenoxy) is 3. The molecule has 2 heterocycles. The Kier molecular flexibility index (Phi) is 6.46. The normalized spacial score (nSPS) is 26.3. The summed E-state index contributed by atoms with van der Waals surface area (Å²) < 4.78 is 17.6. The number of fused-ring (bicyclic) bond motifs is 1. The van der Waals surface area contributed by atoms with Crippen LogP contribution in [0.1, 0.15) is 47.0 Å². The van der Waals surface area contributed by atoms with Crippen molar-refractivity contribution in [3.05, 3.63) is 24.3 Å². The molecule has 4 atom stereocenters. The molecule has 1 aromatic heterocycles. The van der Waals surface area contributed by atoms with E-state index in [9.17, 15) is 14.4 Å². The molecule has 1 unspecified atom stereocenters. The second-order valence-corrected chi connectivity index (χ2v) is 10.8. The number of thiazole rings is 1. The first-order chi connectivity index (χ1) is 16.1. The van der Waals surface area contributed by atoms with Gasteiger partial charge in [-0.25, -0.2) is 14.6 Å². The molecule has 1 aromatic carbocycles. The summed E-state index contributed by atoms with van der Waals surface area (Å²) in [5.74, 6) is -0.866. The second kappa shape index (κ2) is 9.05. The maximum Gasteiger partial charge on any atom is 0.411 e. The van der Waals surface area contributed by atoms with Crippen LogP contribution >= 0.6 is 11.3 Å². The molecule has 4 rings (SSSR count). The van der Waals surface area contributed by atoms with Crippen LogP contribution in [0.3, 0.4) is 0 Å². The fraction of sp³-hybridized carbons (Fsp3) is 0.583. The summed E-state index contributed by atoms with van der Waals surface area (Å²) in [6, 6.07) is 6.87. The molecule has 34 heavy (non-hydrogen) atoms. The van der Waals surface area contributed by atoms with Gasteiger partial charge in [0.2, 0.25) is 5.91 Å². The minimum Gasteiger partial charge on any atom is -0.467 e. The lowest BCUT2D eigenvalue weighted by molar-refractivity contribution is -0.147. The minimum absolute atomic E-state index is 0.00933. The van der Waals surface area contributed by atoms with Gasteiger partial charge in [0, 0.05) is 6.42 Å². The molecule has 0 bridgehead atoms. The quantitative estimate of drug-likeness (QED) is 0.619. The number of para-hydroxylation sites is 1. The molecule has 1 aliphatic carbocycles. The number of hydrogen-bond acceptors (Lipinski definition) is 8. The van der Waals surface area contributed by atoms with Crippen molar-refractivity contribution in [1.82, 2.24) is 15.2 Å². The molecule has 2 fully saturated rings. The number of carbonyl (C=O) groups excluding carboxylic acids is 3. The molecule has 2 amide bonds. The monoisotopic (exact) mass is 489 g/mol. The van der Waals surface area contributed by atoms with E-state index in [2.05, 4.69) is 10.3 Å². The van der Waals surface area contributed by atoms with Gasteiger partial charge in [-0.05, 0) is 45.2 Å². The molecule has 9 nitrogen and oxygen atoms in total. The van der Waals surface area contributed by atoms with Crippen molar-refractivity contribution in [1.29, 1.82) is 0 Å². The zero-order valence-electron chi connectivity index (χ0n) is 20.1. The van der Waals surface area contributed by atoms with E-state index in [1.807, 2.05) is 31.2 Å². The molecule has 1 N–H and O–H groups in total. The van der Waals surface area contributed by atoms with Crippen LogP contribution in [-0.4, -0.2) is 64.8 Å². The number of nitrogens with zero attached hydrogens (tertiary/aromatic N) is 2. The van der Waals surface area contributed by atoms with Crippen molar-refractivity contribution in [2.75, 3.05) is 13.7 Å². The third-order valence-electron chi connectivity index (χ3n) is 6.23. The van der Waals surface area contributed by atoms with Crippen molar-refractivity contribution in [2.45, 2.75) is 70.2 Å². The van der Waals surface area contributed by atoms with Crippen LogP contribution in [0.15, 0.2) is 24.3 Å². The third-order valence-corrected chi connectivity index (χ3v) is 7.16. The van der Waals surface area contributed by atoms with Gasteiger partial charge >= 0.3 is 12.1 Å². The summed E-state index contributed by atoms with van der Waals surface area (Å²) in [5.41, 5.74) is -0.925. The van der Waals surface area contributed by atoms with Crippen LogP contribution in [0, 0.1) is 5.92 Å². The highest BCUT2D eigenvalue weighted by Crippen LogP contribution is 2.47. The number of esters is 1. The zero-order valence-corrected chi connectivity index (χ0v) is 20.9. The van der Waals surface area contributed by atoms with Gasteiger partial charge in [-0.1, -0.05) is 36.8 Å². The Morgan fingerprint density at radius 1 is 1.26 bits per heavy atom. The highest BCUT2D eigenvalue weighted by Gasteiger charge is 2.62. The Morgan fingerprint density at radius 2 is 2.00 bits per heavy atom. The molecule has 10 heteroatoms. The number of benzene rings is 1. The predicted octanol–water partition coefficient (Wildman–Crippen LogP) is 3.51. The Hall–Kier alpha value is -2.88. The summed E-state index contributed by atoms with van der Waals surface area (Å²) in [4.78, 5) is 44.7. The molecule has 1 aliphatic heterocycles. The van der Waals surface area contributed by atoms with E-state index in [0.717, 1.165) is 16.6 Å². The van der Waals surface area contributed by atoms with Crippen molar-refractivity contribution in [3.63, 3.8) is 0 Å². The molecular weight excluding hydrogens is 458 g/mol. The third kappa shape index (κ3) is 4.82. The Labute approximate surface area is 202 Å². The number of carbonyl (C=O) groups is 3. The number of rotatable bonds is 6. The fourth-order valence-electron chi connectivity index (χ4n) is 4.46. The Bertz CT molecular complexity index is 1060. The smallest absolute Gasteiger partial charge is 0.411 e. The Morgan fingerprint density at radius 3 is 2.62 bits per heavy atom. The lowest BCUT2D eigenvalue weighted by Gasteiger charge is -2.28. The largest absolute Gasteiger partial charge is 0.467 e. The first-order valence-corrected chi connectivity index (χ1v) is 12.3. The van der Waals surface area contributed by atoms with Crippen LogP contribution in [0.4, 0.5) is 4.79 Å². The standard InChI is InChI=1S/C24H31N3O6S/c1-6-14-12-24(14,20(29)31-5)26-19(28)17-11-15(13-27(17)22(30)33-23(2,3)4)32-21-25-16-9-7-8-10-18(16)34-21/h7-10,14-15,17H,6,11-13H2,1-5H3,(H,26,28)/t14-,15-,17+,24?/m1/s1. The summed E-state index contributed by atoms with van der Waals surface area (Å²) >= 11 is 1.41. The highest BCUT2D eigenvalue weighted by molar-refractivity contribution is 7.20. The lowest BCUT2D eigenvalue weighted by Crippen LogP contribution is -2.53. The van der Waals surface area contributed by atoms with Gasteiger partial charge in [-0.15, -0.1) is 0 Å². The van der Waals surface area contributed by atoms with E-state index in [4.69, 9.17) is 14.2 Å². The fourth-order valence-corrected chi connectivity index (χ4v) is 5.34. The SMILES string of the molecule is CC[C@@H]1CC1(NC(=O)[C@@H]1C[C@@H](Oc2nc3ccccc3s2)CN1C(=O)OC(C)(C)C)C(=O)OC. The van der Waals surface area contributed by atoms with E-state index in [1.54, 1.807) is 20.8 Å². The molecule has 2 aromatic rings. The zero-order chi connectivity index (χ0) is 24.7. The van der Waals surface area contributed by atoms with Crippen LogP contribution in [0.2, 0.25) is 0 Å². The molecule has 0 radical (unpaired) electrons. The van der Waals surface area contributed by atoms with Gasteiger partial charge in [-0.3, -0.25) is 9.69 Å². The summed E-state index contributed by atoms with van der Waals surface area (Å²) in [6.07, 6.45) is 0.470. The first kappa shape index (κ1) is 24.3. The number of methoxy groups -OCH3 is 1. The van der Waals surface area contributed by atoms with E-state index < -0.39 is 41.3 Å². The summed E-state index contributed by atoms with van der Waals surface area (Å²) in [5, 5.41) is 3.37. The number of aromatic nitrogens is 1. The average Bonchev–Trinajstić information content (AvgIpc) is 3.11. The maximum absolute atomic E-state index is 13.4. The van der Waals surface area contributed by atoms with Crippen LogP contribution < -0.4 is 10.1 Å². The molecular formula is C24H31N3O6S. The second-order valence-electron chi connectivity index (χ2n) is 9.83. The summed E-state index contributed by atoms with van der Waals surface area (Å²) in [7, 11) is 1.31. The number of amides is 2. The van der Waals surface area contributed by atoms with Gasteiger partial charge in [0.1, 0.15) is 23.3 Å². The van der Waals surface area contributed by atoms with E-state index in [0.29, 0.717) is 11.6 Å². The van der Waals surface area contributed by atoms with E-state index >= 15 is 0 Å². The van der Waals surface area contributed by atoms with Gasteiger partial charge in [-0.2, -0.15) is 0 Å². The van der Waals surface area contributed by atoms with Crippen LogP contribution in [0.5, 0.6) is 5.19 Å². The molecule has 184 valence electrons. The van der Waals surface area contributed by atoms with Gasteiger partial charge in [0.25, 0.3) is 5.19 Å².